The van der Waals surface area contributed by atoms with Gasteiger partial charge in [0.15, 0.2) is 0 Å². The van der Waals surface area contributed by atoms with Crippen molar-refractivity contribution in [1.82, 2.24) is 4.57 Å². The molecule has 0 saturated carbocycles. The number of aromatic nitrogens is 1. The van der Waals surface area contributed by atoms with E-state index in [9.17, 15) is 18.3 Å². The average molecular weight is 345 g/mol. The normalized spacial score (nSPS) is 19.8. The van der Waals surface area contributed by atoms with E-state index in [1.54, 1.807) is 48.5 Å². The van der Waals surface area contributed by atoms with Gasteiger partial charge in [0.05, 0.1) is 18.3 Å². The molecule has 1 atom stereocenters. The first-order chi connectivity index (χ1) is 11.8. The van der Waals surface area contributed by atoms with Crippen LogP contribution < -0.4 is 4.74 Å². The maximum Gasteiger partial charge on any atom is 0.441 e. The van der Waals surface area contributed by atoms with Gasteiger partial charge in [-0.1, -0.05) is 30.3 Å². The van der Waals surface area contributed by atoms with Crippen LogP contribution in [-0.4, -0.2) is 23.0 Å². The van der Waals surface area contributed by atoms with Crippen molar-refractivity contribution < 1.29 is 23.0 Å². The molecule has 1 N–H and O–H groups in total. The highest BCUT2D eigenvalue weighted by atomic mass is 19.4. The van der Waals surface area contributed by atoms with Crippen molar-refractivity contribution in [3.8, 4) is 5.75 Å². The minimum absolute atomic E-state index is 0.261. The number of hydrogen-bond acceptors (Lipinski definition) is 2. The Morgan fingerprint density at radius 1 is 1.04 bits per heavy atom. The highest BCUT2D eigenvalue weighted by Crippen LogP contribution is 2.48. The van der Waals surface area contributed by atoms with Crippen LogP contribution in [0, 0.1) is 0 Å². The smallest absolute Gasteiger partial charge is 0.441 e. The third kappa shape index (κ3) is 2.17. The molecule has 6 heteroatoms. The maximum atomic E-state index is 13.8. The predicted molar refractivity (Wildman–Crippen MR) is 88.3 cm³/mol. The zero-order valence-electron chi connectivity index (χ0n) is 13.2. The summed E-state index contributed by atoms with van der Waals surface area (Å²) in [6.07, 6.45) is -4.00. The Morgan fingerprint density at radius 3 is 2.40 bits per heavy atom. The van der Waals surface area contributed by atoms with Gasteiger partial charge in [-0.15, -0.1) is 0 Å². The summed E-state index contributed by atoms with van der Waals surface area (Å²) < 4.78 is 47.3. The van der Waals surface area contributed by atoms with Gasteiger partial charge < -0.3 is 14.4 Å². The van der Waals surface area contributed by atoms with E-state index >= 15 is 0 Å². The van der Waals surface area contributed by atoms with Crippen LogP contribution in [0.4, 0.5) is 13.2 Å². The molecule has 0 radical (unpaired) electrons. The lowest BCUT2D eigenvalue weighted by Crippen LogP contribution is -2.44. The van der Waals surface area contributed by atoms with Crippen molar-refractivity contribution in [1.29, 1.82) is 0 Å². The van der Waals surface area contributed by atoms with E-state index in [1.165, 1.54) is 13.2 Å². The minimum Gasteiger partial charge on any atom is -0.497 e. The average Bonchev–Trinajstić information content (AvgIpc) is 3.11. The lowest BCUT2D eigenvalue weighted by atomic mass is 10.0. The lowest BCUT2D eigenvalue weighted by Gasteiger charge is -2.27. The fourth-order valence-corrected chi connectivity index (χ4v) is 3.27. The zero-order valence-corrected chi connectivity index (χ0v) is 13.2. The molecule has 0 amide bonds. The van der Waals surface area contributed by atoms with Gasteiger partial charge in [-0.05, 0) is 29.8 Å². The molecule has 4 rings (SSSR count). The first-order valence-corrected chi connectivity index (χ1v) is 7.63. The van der Waals surface area contributed by atoms with Crippen LogP contribution in [0.25, 0.3) is 16.5 Å². The van der Waals surface area contributed by atoms with Crippen molar-refractivity contribution in [2.24, 2.45) is 0 Å². The second kappa shape index (κ2) is 5.13. The van der Waals surface area contributed by atoms with Gasteiger partial charge in [-0.3, -0.25) is 0 Å². The van der Waals surface area contributed by atoms with Crippen LogP contribution in [0.5, 0.6) is 5.75 Å². The molecule has 3 nitrogen and oxygen atoms in total. The minimum atomic E-state index is -4.87. The number of ether oxygens (including phenoxy) is 1. The SMILES string of the molecule is COc1ccc2cc3n(c2c1)C(O)(C(F)(F)F)C=C3c1ccccc1. The molecule has 25 heavy (non-hydrogen) atoms. The van der Waals surface area contributed by atoms with Crippen LogP contribution in [0.2, 0.25) is 0 Å². The van der Waals surface area contributed by atoms with Gasteiger partial charge in [-0.2, -0.15) is 13.2 Å². The van der Waals surface area contributed by atoms with Crippen molar-refractivity contribution in [3.63, 3.8) is 0 Å². The third-order valence-electron chi connectivity index (χ3n) is 4.48. The number of rotatable bonds is 2. The van der Waals surface area contributed by atoms with E-state index in [2.05, 4.69) is 0 Å². The van der Waals surface area contributed by atoms with Crippen LogP contribution in [0.1, 0.15) is 11.3 Å². The van der Waals surface area contributed by atoms with E-state index < -0.39 is 11.9 Å². The number of nitrogens with zero attached hydrogens (tertiary/aromatic N) is 1. The zero-order chi connectivity index (χ0) is 17.8. The number of halogens is 3. The van der Waals surface area contributed by atoms with Gasteiger partial charge in [0.2, 0.25) is 0 Å². The Morgan fingerprint density at radius 2 is 1.76 bits per heavy atom. The van der Waals surface area contributed by atoms with Gasteiger partial charge in [-0.25, -0.2) is 0 Å². The Bertz CT molecular complexity index is 989. The molecule has 1 aliphatic rings. The van der Waals surface area contributed by atoms with E-state index in [-0.39, 0.29) is 5.52 Å². The Labute approximate surface area is 141 Å². The van der Waals surface area contributed by atoms with Crippen LogP contribution in [0.15, 0.2) is 60.7 Å². The summed E-state index contributed by atoms with van der Waals surface area (Å²) in [5, 5.41) is 11.2. The number of alkyl halides is 3. The summed E-state index contributed by atoms with van der Waals surface area (Å²) in [6.45, 7) is 0. The van der Waals surface area contributed by atoms with Crippen LogP contribution in [0.3, 0.4) is 0 Å². The predicted octanol–water partition coefficient (Wildman–Crippen LogP) is 4.30. The number of hydrogen-bond donors (Lipinski definition) is 1. The quantitative estimate of drug-likeness (QED) is 0.751. The molecule has 0 aliphatic carbocycles. The van der Waals surface area contributed by atoms with Gasteiger partial charge in [0, 0.05) is 17.0 Å². The second-order valence-corrected chi connectivity index (χ2v) is 5.94. The largest absolute Gasteiger partial charge is 0.497 e. The molecular weight excluding hydrogens is 331 g/mol. The molecule has 1 aromatic heterocycles. The summed E-state index contributed by atoms with van der Waals surface area (Å²) in [5.74, 6) is 0.422. The standard InChI is InChI=1S/C19H14F3NO2/c1-25-14-8-7-13-9-17-15(12-5-3-2-4-6-12)11-18(24,19(20,21)22)23(17)16(13)10-14/h2-11,24H,1H3. The fraction of sp³-hybridized carbons (Fsp3) is 0.158. The molecule has 2 heterocycles. The molecule has 0 fully saturated rings. The summed E-state index contributed by atoms with van der Waals surface area (Å²) in [5.41, 5.74) is -1.58. The van der Waals surface area contributed by atoms with Crippen molar-refractivity contribution in [3.05, 3.63) is 71.9 Å². The molecule has 0 bridgehead atoms. The lowest BCUT2D eigenvalue weighted by molar-refractivity contribution is -0.272. The Balaban J connectivity index is 2.05. The van der Waals surface area contributed by atoms with E-state index in [4.69, 9.17) is 4.74 Å². The van der Waals surface area contributed by atoms with E-state index in [0.717, 1.165) is 10.6 Å². The number of aliphatic hydroxyl groups is 1. The van der Waals surface area contributed by atoms with Crippen LogP contribution >= 0.6 is 0 Å². The second-order valence-electron chi connectivity index (χ2n) is 5.94. The summed E-state index contributed by atoms with van der Waals surface area (Å²) in [7, 11) is 1.44. The van der Waals surface area contributed by atoms with E-state index in [1.807, 2.05) is 0 Å². The van der Waals surface area contributed by atoms with Crippen LogP contribution in [-0.2, 0) is 5.72 Å². The first-order valence-electron chi connectivity index (χ1n) is 7.63. The molecular formula is C19H14F3NO2. The monoisotopic (exact) mass is 345 g/mol. The number of methoxy groups -OCH3 is 1. The molecule has 0 spiro atoms. The Hall–Kier alpha value is -2.73. The fourth-order valence-electron chi connectivity index (χ4n) is 3.27. The first kappa shape index (κ1) is 15.8. The topological polar surface area (TPSA) is 34.4 Å². The van der Waals surface area contributed by atoms with Gasteiger partial charge in [0.25, 0.3) is 5.72 Å². The van der Waals surface area contributed by atoms with Crippen molar-refractivity contribution in [2.45, 2.75) is 11.9 Å². The molecule has 1 unspecified atom stereocenters. The van der Waals surface area contributed by atoms with Crippen molar-refractivity contribution >= 4 is 16.5 Å². The van der Waals surface area contributed by atoms with Gasteiger partial charge in [0.1, 0.15) is 5.75 Å². The molecule has 128 valence electrons. The van der Waals surface area contributed by atoms with Gasteiger partial charge >= 0.3 is 6.18 Å². The summed E-state index contributed by atoms with van der Waals surface area (Å²) >= 11 is 0. The molecule has 0 saturated heterocycles. The Kier molecular flexibility index (Phi) is 3.24. The molecule has 3 aromatic rings. The maximum absolute atomic E-state index is 13.8. The van der Waals surface area contributed by atoms with E-state index in [0.29, 0.717) is 28.0 Å². The summed E-state index contributed by atoms with van der Waals surface area (Å²) in [6, 6.07) is 15.2. The number of fused-ring (bicyclic) bond motifs is 3. The van der Waals surface area contributed by atoms with Crippen molar-refractivity contribution in [2.75, 3.05) is 7.11 Å². The molecule has 2 aromatic carbocycles. The summed E-state index contributed by atoms with van der Waals surface area (Å²) in [4.78, 5) is 0. The third-order valence-corrected chi connectivity index (χ3v) is 4.48. The molecule has 1 aliphatic heterocycles. The highest BCUT2D eigenvalue weighted by Gasteiger charge is 2.58. The highest BCUT2D eigenvalue weighted by molar-refractivity contribution is 5.93. The number of benzene rings is 2.